The molecule has 0 radical (unpaired) electrons. The Morgan fingerprint density at radius 3 is 2.74 bits per heavy atom. The maximum Gasteiger partial charge on any atom is 0.256 e. The predicted molar refractivity (Wildman–Crippen MR) is 71.6 cm³/mol. The second-order valence-corrected chi connectivity index (χ2v) is 3.86. The monoisotopic (exact) mass is 255 g/mol. The van der Waals surface area contributed by atoms with Gasteiger partial charge in [0.2, 0.25) is 0 Å². The van der Waals surface area contributed by atoms with Crippen LogP contribution in [-0.2, 0) is 0 Å². The van der Waals surface area contributed by atoms with Crippen LogP contribution in [0.15, 0.2) is 34.9 Å². The van der Waals surface area contributed by atoms with Crippen LogP contribution in [0.3, 0.4) is 0 Å². The molecule has 5 heteroatoms. The number of aryl methyl sites for hydroxylation is 1. The number of carbonyl (C=O) groups is 1. The van der Waals surface area contributed by atoms with Crippen molar-refractivity contribution in [1.29, 1.82) is 0 Å². The first kappa shape index (κ1) is 12.9. The molecule has 0 atom stereocenters. The molecule has 0 aliphatic carbocycles. The van der Waals surface area contributed by atoms with E-state index in [0.717, 1.165) is 5.56 Å². The van der Waals surface area contributed by atoms with Crippen LogP contribution in [0.1, 0.15) is 21.7 Å². The van der Waals surface area contributed by atoms with Gasteiger partial charge in [0.25, 0.3) is 5.91 Å². The van der Waals surface area contributed by atoms with Crippen molar-refractivity contribution in [2.45, 2.75) is 6.92 Å². The first-order valence-electron chi connectivity index (χ1n) is 5.72. The van der Waals surface area contributed by atoms with Crippen LogP contribution in [-0.4, -0.2) is 17.6 Å². The molecule has 0 spiro atoms. The number of carbonyl (C=O) groups excluding carboxylic acids is 1. The zero-order valence-electron chi connectivity index (χ0n) is 10.4. The van der Waals surface area contributed by atoms with E-state index in [-0.39, 0.29) is 5.91 Å². The van der Waals surface area contributed by atoms with Crippen LogP contribution in [0, 0.1) is 18.8 Å². The summed E-state index contributed by atoms with van der Waals surface area (Å²) < 4.78 is 4.87. The molecule has 0 saturated heterocycles. The third kappa shape index (κ3) is 3.44. The van der Waals surface area contributed by atoms with Crippen molar-refractivity contribution in [1.82, 2.24) is 5.16 Å². The van der Waals surface area contributed by atoms with E-state index in [4.69, 9.17) is 10.3 Å². The lowest BCUT2D eigenvalue weighted by Crippen LogP contribution is -2.11. The summed E-state index contributed by atoms with van der Waals surface area (Å²) in [7, 11) is 0. The van der Waals surface area contributed by atoms with Gasteiger partial charge in [0.15, 0.2) is 5.82 Å². The highest BCUT2D eigenvalue weighted by Gasteiger charge is 2.08. The van der Waals surface area contributed by atoms with Gasteiger partial charge in [0, 0.05) is 17.2 Å². The molecule has 1 aromatic carbocycles. The lowest BCUT2D eigenvalue weighted by Gasteiger charge is -2.01. The van der Waals surface area contributed by atoms with Gasteiger partial charge >= 0.3 is 0 Å². The highest BCUT2D eigenvalue weighted by molar-refractivity contribution is 6.03. The number of benzene rings is 1. The Morgan fingerprint density at radius 2 is 2.16 bits per heavy atom. The number of anilines is 1. The molecule has 19 heavy (non-hydrogen) atoms. The van der Waals surface area contributed by atoms with Gasteiger partial charge in [-0.1, -0.05) is 17.0 Å². The van der Waals surface area contributed by atoms with Gasteiger partial charge in [-0.2, -0.15) is 0 Å². The van der Waals surface area contributed by atoms with E-state index < -0.39 is 0 Å². The van der Waals surface area contributed by atoms with Gasteiger partial charge in [0.1, 0.15) is 5.76 Å². The summed E-state index contributed by atoms with van der Waals surface area (Å²) in [6.07, 6.45) is 0. The highest BCUT2D eigenvalue weighted by Crippen LogP contribution is 2.10. The van der Waals surface area contributed by atoms with Crippen LogP contribution in [0.4, 0.5) is 5.82 Å². The minimum atomic E-state index is -0.244. The summed E-state index contributed by atoms with van der Waals surface area (Å²) in [6, 6.07) is 8.59. The molecule has 2 aromatic rings. The Morgan fingerprint density at radius 1 is 1.42 bits per heavy atom. The number of rotatable bonds is 2. The molecule has 0 fully saturated rings. The normalized spacial score (nSPS) is 9.58. The summed E-state index contributed by atoms with van der Waals surface area (Å²) >= 11 is 0. The van der Waals surface area contributed by atoms with Crippen LogP contribution in [0.2, 0.25) is 0 Å². The minimum Gasteiger partial charge on any atom is -0.360 e. The summed E-state index contributed by atoms with van der Waals surface area (Å²) in [5.41, 5.74) is 6.63. The smallest absolute Gasteiger partial charge is 0.256 e. The largest absolute Gasteiger partial charge is 0.360 e. The van der Waals surface area contributed by atoms with Gasteiger partial charge in [-0.05, 0) is 31.2 Å². The lowest BCUT2D eigenvalue weighted by atomic mass is 10.1. The fraction of sp³-hybridized carbons (Fsp3) is 0.143. The van der Waals surface area contributed by atoms with Crippen molar-refractivity contribution in [2.24, 2.45) is 5.73 Å². The molecule has 0 aliphatic rings. The van der Waals surface area contributed by atoms with Crippen LogP contribution in [0.5, 0.6) is 0 Å². The van der Waals surface area contributed by atoms with Crippen molar-refractivity contribution < 1.29 is 9.32 Å². The number of nitrogens with two attached hydrogens (primary N) is 1. The molecule has 2 rings (SSSR count). The van der Waals surface area contributed by atoms with Crippen molar-refractivity contribution in [3.05, 3.63) is 47.2 Å². The van der Waals surface area contributed by atoms with E-state index in [1.165, 1.54) is 0 Å². The Kier molecular flexibility index (Phi) is 3.96. The average molecular weight is 255 g/mol. The van der Waals surface area contributed by atoms with E-state index in [9.17, 15) is 4.79 Å². The van der Waals surface area contributed by atoms with Crippen molar-refractivity contribution >= 4 is 11.7 Å². The van der Waals surface area contributed by atoms with Gasteiger partial charge in [-0.25, -0.2) is 0 Å². The van der Waals surface area contributed by atoms with Crippen molar-refractivity contribution in [2.75, 3.05) is 11.9 Å². The standard InChI is InChI=1S/C14H13N3O2/c1-10-9-13(17-19-10)16-14(18)12-6-4-11(5-7-12)3-2-8-15/h4-7,9H,8,15H2,1H3,(H,16,17,18). The number of nitrogens with zero attached hydrogens (tertiary/aromatic N) is 1. The van der Waals surface area contributed by atoms with Gasteiger partial charge in [-0.15, -0.1) is 0 Å². The zero-order chi connectivity index (χ0) is 13.7. The maximum absolute atomic E-state index is 11.9. The molecule has 0 aliphatic heterocycles. The first-order chi connectivity index (χ1) is 9.19. The van der Waals surface area contributed by atoms with E-state index in [0.29, 0.717) is 23.7 Å². The molecule has 1 heterocycles. The number of amides is 1. The summed E-state index contributed by atoms with van der Waals surface area (Å²) in [6.45, 7) is 2.07. The van der Waals surface area contributed by atoms with Gasteiger partial charge < -0.3 is 15.6 Å². The quantitative estimate of drug-likeness (QED) is 0.798. The molecule has 0 bridgehead atoms. The highest BCUT2D eigenvalue weighted by atomic mass is 16.5. The minimum absolute atomic E-state index is 0.244. The molecule has 1 amide bonds. The molecule has 0 saturated carbocycles. The van der Waals surface area contributed by atoms with Crippen molar-refractivity contribution in [3.63, 3.8) is 0 Å². The summed E-state index contributed by atoms with van der Waals surface area (Å²) in [4.78, 5) is 11.9. The topological polar surface area (TPSA) is 81.2 Å². The molecule has 1 aromatic heterocycles. The molecule has 96 valence electrons. The second kappa shape index (κ2) is 5.85. The summed E-state index contributed by atoms with van der Waals surface area (Å²) in [5, 5.41) is 6.34. The SMILES string of the molecule is Cc1cc(NC(=O)c2ccc(C#CCN)cc2)no1. The fourth-order valence-electron chi connectivity index (χ4n) is 1.47. The van der Waals surface area contributed by atoms with E-state index in [2.05, 4.69) is 22.3 Å². The zero-order valence-corrected chi connectivity index (χ0v) is 10.4. The maximum atomic E-state index is 11.9. The lowest BCUT2D eigenvalue weighted by molar-refractivity contribution is 0.102. The second-order valence-electron chi connectivity index (χ2n) is 3.86. The van der Waals surface area contributed by atoms with Crippen LogP contribution >= 0.6 is 0 Å². The molecular weight excluding hydrogens is 242 g/mol. The van der Waals surface area contributed by atoms with Gasteiger partial charge in [0.05, 0.1) is 6.54 Å². The van der Waals surface area contributed by atoms with Gasteiger partial charge in [-0.3, -0.25) is 4.79 Å². The Balaban J connectivity index is 2.07. The van der Waals surface area contributed by atoms with E-state index >= 15 is 0 Å². The fourth-order valence-corrected chi connectivity index (χ4v) is 1.47. The summed E-state index contributed by atoms with van der Waals surface area (Å²) in [5.74, 6) is 6.44. The Bertz CT molecular complexity index is 633. The number of hydrogen-bond acceptors (Lipinski definition) is 4. The third-order valence-electron chi connectivity index (χ3n) is 2.35. The molecule has 5 nitrogen and oxygen atoms in total. The van der Waals surface area contributed by atoms with Crippen LogP contribution in [0.25, 0.3) is 0 Å². The first-order valence-corrected chi connectivity index (χ1v) is 5.72. The third-order valence-corrected chi connectivity index (χ3v) is 2.35. The Labute approximate surface area is 110 Å². The number of aromatic nitrogens is 1. The average Bonchev–Trinajstić information content (AvgIpc) is 2.82. The van der Waals surface area contributed by atoms with Crippen molar-refractivity contribution in [3.8, 4) is 11.8 Å². The van der Waals surface area contributed by atoms with E-state index in [1.54, 1.807) is 37.3 Å². The molecule has 0 unspecified atom stereocenters. The predicted octanol–water partition coefficient (Wildman–Crippen LogP) is 1.55. The number of nitrogens with one attached hydrogen (secondary N) is 1. The van der Waals surface area contributed by atoms with E-state index in [1.807, 2.05) is 0 Å². The molecular formula is C14H13N3O2. The number of hydrogen-bond donors (Lipinski definition) is 2. The van der Waals surface area contributed by atoms with Crippen LogP contribution < -0.4 is 11.1 Å². The Hall–Kier alpha value is -2.58. The molecule has 3 N–H and O–H groups in total.